The Morgan fingerprint density at radius 2 is 1.78 bits per heavy atom. The average molecular weight is 461 g/mol. The maximum Gasteiger partial charge on any atom is 0.134 e. The monoisotopic (exact) mass is 460 g/mol. The van der Waals surface area contributed by atoms with Crippen LogP contribution in [0, 0.1) is 0 Å². The van der Waals surface area contributed by atoms with Gasteiger partial charge in [0.05, 0.1) is 13.2 Å². The summed E-state index contributed by atoms with van der Waals surface area (Å²) in [6.07, 6.45) is 2.60. The molecule has 0 saturated carbocycles. The van der Waals surface area contributed by atoms with Crippen LogP contribution in [0.1, 0.15) is 18.4 Å². The third kappa shape index (κ3) is 7.09. The summed E-state index contributed by atoms with van der Waals surface area (Å²) in [5.74, 6) is 1.58. The second-order valence-electron chi connectivity index (χ2n) is 8.77. The minimum absolute atomic E-state index is 0.158. The van der Waals surface area contributed by atoms with Gasteiger partial charge in [-0.1, -0.05) is 23.7 Å². The molecule has 2 saturated heterocycles. The highest BCUT2D eigenvalue weighted by Crippen LogP contribution is 2.21. The van der Waals surface area contributed by atoms with Gasteiger partial charge in [0.1, 0.15) is 30.3 Å². The molecule has 1 unspecified atom stereocenters. The molecule has 0 radical (unpaired) electrons. The van der Waals surface area contributed by atoms with E-state index >= 15 is 0 Å². The van der Waals surface area contributed by atoms with Crippen LogP contribution < -0.4 is 9.47 Å². The summed E-state index contributed by atoms with van der Waals surface area (Å²) >= 11 is 5.93. The average Bonchev–Trinajstić information content (AvgIpc) is 3.23. The molecule has 0 bridgehead atoms. The highest BCUT2D eigenvalue weighted by molar-refractivity contribution is 6.30. The van der Waals surface area contributed by atoms with Gasteiger partial charge in [-0.25, -0.2) is 0 Å². The zero-order valence-electron chi connectivity index (χ0n) is 18.5. The maximum absolute atomic E-state index is 11.1. The number of nitrogens with zero attached hydrogens (tertiary/aromatic N) is 2. The van der Waals surface area contributed by atoms with Crippen molar-refractivity contribution in [2.75, 3.05) is 59.2 Å². The van der Waals surface area contributed by atoms with Crippen LogP contribution >= 0.6 is 11.6 Å². The molecule has 2 aliphatic heterocycles. The van der Waals surface area contributed by atoms with E-state index in [1.807, 2.05) is 12.1 Å². The van der Waals surface area contributed by atoms with E-state index in [0.717, 1.165) is 30.9 Å². The van der Waals surface area contributed by atoms with Crippen LogP contribution in [-0.2, 0) is 11.3 Å². The lowest BCUT2D eigenvalue weighted by Gasteiger charge is -2.30. The Morgan fingerprint density at radius 1 is 0.969 bits per heavy atom. The second kappa shape index (κ2) is 11.3. The van der Waals surface area contributed by atoms with Gasteiger partial charge in [0, 0.05) is 31.2 Å². The van der Waals surface area contributed by atoms with Gasteiger partial charge in [-0.2, -0.15) is 0 Å². The third-order valence-electron chi connectivity index (χ3n) is 5.94. The molecule has 2 aromatic carbocycles. The first-order valence-corrected chi connectivity index (χ1v) is 11.8. The topological polar surface area (TPSA) is 54.4 Å². The molecule has 0 spiro atoms. The van der Waals surface area contributed by atoms with E-state index in [1.165, 1.54) is 25.9 Å². The number of rotatable bonds is 9. The highest BCUT2D eigenvalue weighted by Gasteiger charge is 2.33. The molecule has 2 fully saturated rings. The van der Waals surface area contributed by atoms with Crippen molar-refractivity contribution < 1.29 is 19.3 Å². The van der Waals surface area contributed by atoms with E-state index in [-0.39, 0.29) is 13.2 Å². The molecule has 7 heteroatoms. The maximum atomic E-state index is 11.1. The van der Waals surface area contributed by atoms with E-state index in [2.05, 4.69) is 21.9 Å². The lowest BCUT2D eigenvalue weighted by molar-refractivity contribution is -0.0646. The van der Waals surface area contributed by atoms with E-state index < -0.39 is 5.60 Å². The molecule has 174 valence electrons. The van der Waals surface area contributed by atoms with Crippen molar-refractivity contribution >= 4 is 11.6 Å². The first kappa shape index (κ1) is 23.3. The van der Waals surface area contributed by atoms with E-state index in [0.29, 0.717) is 30.5 Å². The predicted molar refractivity (Wildman–Crippen MR) is 126 cm³/mol. The Hall–Kier alpha value is -1.83. The molecule has 32 heavy (non-hydrogen) atoms. The Bertz CT molecular complexity index is 844. The molecule has 1 N–H and O–H groups in total. The molecule has 2 heterocycles. The normalized spacial score (nSPS) is 22.6. The summed E-state index contributed by atoms with van der Waals surface area (Å²) in [5, 5.41) is 11.8. The summed E-state index contributed by atoms with van der Waals surface area (Å²) in [5.41, 5.74) is 0.0755. The minimum Gasteiger partial charge on any atom is -0.492 e. The number of aliphatic hydroxyl groups is 1. The minimum atomic E-state index is -1.08. The van der Waals surface area contributed by atoms with Crippen molar-refractivity contribution in [1.29, 1.82) is 0 Å². The van der Waals surface area contributed by atoms with Crippen LogP contribution in [0.15, 0.2) is 48.5 Å². The van der Waals surface area contributed by atoms with Gasteiger partial charge in [-0.3, -0.25) is 9.80 Å². The van der Waals surface area contributed by atoms with Gasteiger partial charge in [-0.05, 0) is 67.9 Å². The fourth-order valence-electron chi connectivity index (χ4n) is 4.26. The Labute approximate surface area is 195 Å². The summed E-state index contributed by atoms with van der Waals surface area (Å²) in [6.45, 7) is 6.99. The van der Waals surface area contributed by atoms with Crippen LogP contribution in [0.5, 0.6) is 11.5 Å². The number of hydrogen-bond donors (Lipinski definition) is 1. The second-order valence-corrected chi connectivity index (χ2v) is 9.21. The third-order valence-corrected chi connectivity index (χ3v) is 6.19. The first-order chi connectivity index (χ1) is 15.6. The fraction of sp³-hybridized carbons (Fsp3) is 0.520. The Balaban J connectivity index is 1.30. The molecular formula is C25H33ClN2O4. The first-order valence-electron chi connectivity index (χ1n) is 11.4. The smallest absolute Gasteiger partial charge is 0.134 e. The molecule has 0 aliphatic carbocycles. The molecular weight excluding hydrogens is 428 g/mol. The lowest BCUT2D eigenvalue weighted by atomic mass is 10.1. The van der Waals surface area contributed by atoms with Crippen LogP contribution in [0.25, 0.3) is 0 Å². The SMILES string of the molecule is OC1(COc2ccc(Cl)cc2)COCCN(Cc2cccc(OCCN3CCCC3)c2)C1. The molecule has 1 atom stereocenters. The summed E-state index contributed by atoms with van der Waals surface area (Å²) in [7, 11) is 0. The van der Waals surface area contributed by atoms with Gasteiger partial charge in [0.15, 0.2) is 0 Å². The van der Waals surface area contributed by atoms with Crippen LogP contribution in [0.4, 0.5) is 0 Å². The van der Waals surface area contributed by atoms with Gasteiger partial charge in [0.25, 0.3) is 0 Å². The van der Waals surface area contributed by atoms with Crippen molar-refractivity contribution in [3.63, 3.8) is 0 Å². The van der Waals surface area contributed by atoms with Crippen molar-refractivity contribution in [1.82, 2.24) is 9.80 Å². The van der Waals surface area contributed by atoms with Crippen LogP contribution in [0.3, 0.4) is 0 Å². The van der Waals surface area contributed by atoms with Gasteiger partial charge in [0.2, 0.25) is 0 Å². The van der Waals surface area contributed by atoms with Crippen LogP contribution in [-0.4, -0.2) is 79.7 Å². The quantitative estimate of drug-likeness (QED) is 0.618. The molecule has 2 aliphatic rings. The van der Waals surface area contributed by atoms with E-state index in [9.17, 15) is 5.11 Å². The molecule has 4 rings (SSSR count). The Kier molecular flexibility index (Phi) is 8.27. The number of hydrogen-bond acceptors (Lipinski definition) is 6. The fourth-order valence-corrected chi connectivity index (χ4v) is 4.38. The number of halogens is 1. The van der Waals surface area contributed by atoms with Gasteiger partial charge in [-0.15, -0.1) is 0 Å². The molecule has 2 aromatic rings. The van der Waals surface area contributed by atoms with E-state index in [1.54, 1.807) is 24.3 Å². The van der Waals surface area contributed by atoms with Gasteiger partial charge >= 0.3 is 0 Å². The lowest BCUT2D eigenvalue weighted by Crippen LogP contribution is -2.48. The van der Waals surface area contributed by atoms with Crippen molar-refractivity contribution in [3.8, 4) is 11.5 Å². The molecule has 0 aromatic heterocycles. The zero-order valence-corrected chi connectivity index (χ0v) is 19.3. The predicted octanol–water partition coefficient (Wildman–Crippen LogP) is 3.46. The number of ether oxygens (including phenoxy) is 3. The highest BCUT2D eigenvalue weighted by atomic mass is 35.5. The van der Waals surface area contributed by atoms with Crippen molar-refractivity contribution in [2.45, 2.75) is 25.0 Å². The largest absolute Gasteiger partial charge is 0.492 e. The standard InChI is InChI=1S/C25H33ClN2O4/c26-22-6-8-23(9-7-22)32-20-25(29)18-28(12-14-30-19-25)17-21-4-3-5-24(16-21)31-15-13-27-10-1-2-11-27/h3-9,16,29H,1-2,10-15,17-20H2. The number of benzene rings is 2. The number of β-amino-alcohol motifs (C(OH)–C–C–N with tert-alkyl or cyclic N) is 1. The van der Waals surface area contributed by atoms with Crippen LogP contribution in [0.2, 0.25) is 5.02 Å². The molecule has 0 amide bonds. The molecule has 6 nitrogen and oxygen atoms in total. The van der Waals surface area contributed by atoms with E-state index in [4.69, 9.17) is 25.8 Å². The van der Waals surface area contributed by atoms with Gasteiger partial charge < -0.3 is 19.3 Å². The van der Waals surface area contributed by atoms with Crippen molar-refractivity contribution in [3.05, 3.63) is 59.1 Å². The zero-order chi connectivity index (χ0) is 22.2. The number of likely N-dealkylation sites (tertiary alicyclic amines) is 1. The summed E-state index contributed by atoms with van der Waals surface area (Å²) in [6, 6.07) is 15.4. The summed E-state index contributed by atoms with van der Waals surface area (Å²) in [4.78, 5) is 4.66. The summed E-state index contributed by atoms with van der Waals surface area (Å²) < 4.78 is 17.5. The Morgan fingerprint density at radius 3 is 2.59 bits per heavy atom. The van der Waals surface area contributed by atoms with Crippen molar-refractivity contribution in [2.24, 2.45) is 0 Å².